The lowest BCUT2D eigenvalue weighted by atomic mass is 10.1. The second-order valence-corrected chi connectivity index (χ2v) is 6.79. The maximum Gasteiger partial charge on any atom is 0.164 e. The van der Waals surface area contributed by atoms with Gasteiger partial charge in [-0.1, -0.05) is 42.5 Å². The molecule has 5 nitrogen and oxygen atoms in total. The summed E-state index contributed by atoms with van der Waals surface area (Å²) in [6.45, 7) is 0. The van der Waals surface area contributed by atoms with Crippen LogP contribution in [0.3, 0.4) is 0 Å². The molecule has 0 saturated heterocycles. The van der Waals surface area contributed by atoms with Crippen LogP contribution in [-0.4, -0.2) is 19.7 Å². The number of benzene rings is 2. The Kier molecular flexibility index (Phi) is 3.90. The zero-order valence-electron chi connectivity index (χ0n) is 14.8. The Morgan fingerprint density at radius 3 is 2.56 bits per heavy atom. The Labute approximate surface area is 157 Å². The molecule has 2 aromatic carbocycles. The predicted molar refractivity (Wildman–Crippen MR) is 107 cm³/mol. The van der Waals surface area contributed by atoms with Gasteiger partial charge in [-0.3, -0.25) is 0 Å². The third kappa shape index (κ3) is 3.31. The van der Waals surface area contributed by atoms with Crippen LogP contribution in [0.4, 0.5) is 11.5 Å². The molecule has 132 valence electrons. The van der Waals surface area contributed by atoms with E-state index in [0.29, 0.717) is 6.04 Å². The maximum atomic E-state index is 4.46. The van der Waals surface area contributed by atoms with Crippen molar-refractivity contribution in [2.75, 3.05) is 5.32 Å². The SMILES string of the molecule is c1ccc(-c2ccnc(Nc3cccc(-c4nncn4C4CC4)c3)c2)cc1. The fourth-order valence-corrected chi connectivity index (χ4v) is 3.26. The molecule has 1 N–H and O–H groups in total. The minimum atomic E-state index is 0.552. The summed E-state index contributed by atoms with van der Waals surface area (Å²) >= 11 is 0. The number of hydrogen-bond acceptors (Lipinski definition) is 4. The molecule has 1 fully saturated rings. The van der Waals surface area contributed by atoms with Gasteiger partial charge in [-0.2, -0.15) is 0 Å². The molecule has 1 aliphatic rings. The van der Waals surface area contributed by atoms with E-state index in [9.17, 15) is 0 Å². The first-order valence-electron chi connectivity index (χ1n) is 9.15. The Morgan fingerprint density at radius 1 is 0.852 bits per heavy atom. The predicted octanol–water partition coefficient (Wildman–Crippen LogP) is 5.09. The van der Waals surface area contributed by atoms with Crippen molar-refractivity contribution in [3.05, 3.63) is 79.3 Å². The monoisotopic (exact) mass is 353 g/mol. The zero-order chi connectivity index (χ0) is 18.1. The summed E-state index contributed by atoms with van der Waals surface area (Å²) in [6.07, 6.45) is 6.08. The van der Waals surface area contributed by atoms with Crippen LogP contribution >= 0.6 is 0 Å². The third-order valence-electron chi connectivity index (χ3n) is 4.77. The molecule has 2 heterocycles. The first kappa shape index (κ1) is 15.8. The average molecular weight is 353 g/mol. The summed E-state index contributed by atoms with van der Waals surface area (Å²) in [5.74, 6) is 1.74. The number of anilines is 2. The van der Waals surface area contributed by atoms with E-state index in [-0.39, 0.29) is 0 Å². The van der Waals surface area contributed by atoms with Crippen LogP contribution in [0, 0.1) is 0 Å². The number of nitrogens with one attached hydrogen (secondary N) is 1. The summed E-state index contributed by atoms with van der Waals surface area (Å²) in [5, 5.41) is 11.8. The molecule has 2 aromatic heterocycles. The molecule has 4 aromatic rings. The number of hydrogen-bond donors (Lipinski definition) is 1. The van der Waals surface area contributed by atoms with Gasteiger partial charge in [0.25, 0.3) is 0 Å². The molecule has 1 aliphatic carbocycles. The highest BCUT2D eigenvalue weighted by Crippen LogP contribution is 2.37. The van der Waals surface area contributed by atoms with Gasteiger partial charge < -0.3 is 9.88 Å². The van der Waals surface area contributed by atoms with Crippen molar-refractivity contribution in [3.8, 4) is 22.5 Å². The van der Waals surface area contributed by atoms with E-state index in [0.717, 1.165) is 28.5 Å². The van der Waals surface area contributed by atoms with Crippen LogP contribution in [0.15, 0.2) is 79.3 Å². The minimum Gasteiger partial charge on any atom is -0.340 e. The summed E-state index contributed by atoms with van der Waals surface area (Å²) in [6, 6.07) is 23.2. The highest BCUT2D eigenvalue weighted by atomic mass is 15.3. The summed E-state index contributed by atoms with van der Waals surface area (Å²) < 4.78 is 2.17. The van der Waals surface area contributed by atoms with Crippen molar-refractivity contribution in [1.82, 2.24) is 19.7 Å². The van der Waals surface area contributed by atoms with Crippen LogP contribution in [0.25, 0.3) is 22.5 Å². The molecule has 0 bridgehead atoms. The molecular weight excluding hydrogens is 334 g/mol. The number of aromatic nitrogens is 4. The van der Waals surface area contributed by atoms with Crippen molar-refractivity contribution < 1.29 is 0 Å². The summed E-state index contributed by atoms with van der Waals surface area (Å²) in [4.78, 5) is 4.46. The largest absolute Gasteiger partial charge is 0.340 e. The van der Waals surface area contributed by atoms with E-state index in [1.807, 2.05) is 48.9 Å². The number of rotatable bonds is 5. The quantitative estimate of drug-likeness (QED) is 0.543. The smallest absolute Gasteiger partial charge is 0.164 e. The molecule has 5 heteroatoms. The first-order valence-corrected chi connectivity index (χ1v) is 9.15. The highest BCUT2D eigenvalue weighted by molar-refractivity contribution is 5.70. The summed E-state index contributed by atoms with van der Waals surface area (Å²) in [7, 11) is 0. The van der Waals surface area contributed by atoms with Crippen LogP contribution in [0.2, 0.25) is 0 Å². The Hall–Kier alpha value is -3.47. The van der Waals surface area contributed by atoms with Crippen molar-refractivity contribution >= 4 is 11.5 Å². The third-order valence-corrected chi connectivity index (χ3v) is 4.77. The molecule has 0 spiro atoms. The lowest BCUT2D eigenvalue weighted by molar-refractivity contribution is 0.746. The second-order valence-electron chi connectivity index (χ2n) is 6.79. The van der Waals surface area contributed by atoms with E-state index < -0.39 is 0 Å². The fourth-order valence-electron chi connectivity index (χ4n) is 3.26. The molecule has 1 saturated carbocycles. The van der Waals surface area contributed by atoms with Gasteiger partial charge in [0.05, 0.1) is 0 Å². The Balaban J connectivity index is 1.42. The van der Waals surface area contributed by atoms with E-state index in [1.165, 1.54) is 18.4 Å². The van der Waals surface area contributed by atoms with E-state index >= 15 is 0 Å². The van der Waals surface area contributed by atoms with Gasteiger partial charge in [-0.15, -0.1) is 10.2 Å². The molecule has 0 atom stereocenters. The van der Waals surface area contributed by atoms with Gasteiger partial charge in [-0.25, -0.2) is 4.98 Å². The lowest BCUT2D eigenvalue weighted by Crippen LogP contribution is -1.97. The molecular formula is C22H19N5. The lowest BCUT2D eigenvalue weighted by Gasteiger charge is -2.10. The Bertz CT molecular complexity index is 1070. The van der Waals surface area contributed by atoms with E-state index in [1.54, 1.807) is 0 Å². The van der Waals surface area contributed by atoms with Gasteiger partial charge in [-0.05, 0) is 48.2 Å². The van der Waals surface area contributed by atoms with Crippen LogP contribution in [-0.2, 0) is 0 Å². The first-order chi connectivity index (χ1) is 13.4. The molecule has 0 radical (unpaired) electrons. The molecule has 5 rings (SSSR count). The molecule has 27 heavy (non-hydrogen) atoms. The fraction of sp³-hybridized carbons (Fsp3) is 0.136. The average Bonchev–Trinajstić information content (AvgIpc) is 3.45. The van der Waals surface area contributed by atoms with Gasteiger partial charge in [0.1, 0.15) is 12.1 Å². The molecule has 0 amide bonds. The van der Waals surface area contributed by atoms with Crippen molar-refractivity contribution in [1.29, 1.82) is 0 Å². The topological polar surface area (TPSA) is 55.6 Å². The van der Waals surface area contributed by atoms with Gasteiger partial charge in [0, 0.05) is 23.5 Å². The second kappa shape index (κ2) is 6.68. The summed E-state index contributed by atoms with van der Waals surface area (Å²) in [5.41, 5.74) is 4.35. The molecule has 0 unspecified atom stereocenters. The standard InChI is InChI=1S/C22H19N5/c1-2-5-16(6-3-1)17-11-12-23-21(14-17)25-19-8-4-7-18(13-19)22-26-24-15-27(22)20-9-10-20/h1-8,11-15,20H,9-10H2,(H,23,25). The van der Waals surface area contributed by atoms with Crippen LogP contribution in [0.5, 0.6) is 0 Å². The van der Waals surface area contributed by atoms with Gasteiger partial charge >= 0.3 is 0 Å². The number of pyridine rings is 1. The molecule has 0 aliphatic heterocycles. The van der Waals surface area contributed by atoms with E-state index in [2.05, 4.69) is 55.4 Å². The van der Waals surface area contributed by atoms with Gasteiger partial charge in [0.15, 0.2) is 5.82 Å². The zero-order valence-corrected chi connectivity index (χ0v) is 14.8. The van der Waals surface area contributed by atoms with E-state index in [4.69, 9.17) is 0 Å². The van der Waals surface area contributed by atoms with Gasteiger partial charge in [0.2, 0.25) is 0 Å². The minimum absolute atomic E-state index is 0.552. The number of nitrogens with zero attached hydrogens (tertiary/aromatic N) is 4. The maximum absolute atomic E-state index is 4.46. The normalized spacial score (nSPS) is 13.5. The Morgan fingerprint density at radius 2 is 1.70 bits per heavy atom. The van der Waals surface area contributed by atoms with Crippen molar-refractivity contribution in [2.45, 2.75) is 18.9 Å². The van der Waals surface area contributed by atoms with Crippen LogP contribution < -0.4 is 5.32 Å². The van der Waals surface area contributed by atoms with Crippen LogP contribution in [0.1, 0.15) is 18.9 Å². The van der Waals surface area contributed by atoms with Crippen molar-refractivity contribution in [2.24, 2.45) is 0 Å². The highest BCUT2D eigenvalue weighted by Gasteiger charge is 2.26. The van der Waals surface area contributed by atoms with Crippen molar-refractivity contribution in [3.63, 3.8) is 0 Å².